The quantitative estimate of drug-likeness (QED) is 0.186. The van der Waals surface area contributed by atoms with Crippen LogP contribution in [-0.2, 0) is 11.2 Å². The Bertz CT molecular complexity index is 1590. The second kappa shape index (κ2) is 11.2. The van der Waals surface area contributed by atoms with Crippen LogP contribution in [-0.4, -0.2) is 28.6 Å². The van der Waals surface area contributed by atoms with Gasteiger partial charge in [-0.2, -0.15) is 0 Å². The van der Waals surface area contributed by atoms with Crippen molar-refractivity contribution >= 4 is 67.2 Å². The molecule has 0 bridgehead atoms. The number of thiazole rings is 1. The summed E-state index contributed by atoms with van der Waals surface area (Å²) in [4.78, 5) is 33.3. The first-order chi connectivity index (χ1) is 18.4. The van der Waals surface area contributed by atoms with Crippen molar-refractivity contribution < 1.29 is 9.53 Å². The van der Waals surface area contributed by atoms with Crippen molar-refractivity contribution in [1.82, 2.24) is 9.38 Å². The fourth-order valence-electron chi connectivity index (χ4n) is 5.53. The fourth-order valence-corrected chi connectivity index (χ4v) is 12.3. The number of carbonyl (C=O) groups excluding carboxylic acids is 1. The molecule has 0 atom stereocenters. The summed E-state index contributed by atoms with van der Waals surface area (Å²) < 4.78 is 6.88. The van der Waals surface area contributed by atoms with Gasteiger partial charge in [0.2, 0.25) is 0 Å². The van der Waals surface area contributed by atoms with E-state index in [-0.39, 0.29) is 29.1 Å². The summed E-state index contributed by atoms with van der Waals surface area (Å²) in [6.45, 7) is 4.60. The van der Waals surface area contributed by atoms with Crippen LogP contribution in [0.1, 0.15) is 34.8 Å². The van der Waals surface area contributed by atoms with E-state index in [2.05, 4.69) is 79.5 Å². The Morgan fingerprint density at radius 3 is 1.74 bits per heavy atom. The first kappa shape index (κ1) is 28.9. The number of benzene rings is 3. The monoisotopic (exact) mass is 622 g/mol. The van der Waals surface area contributed by atoms with Crippen molar-refractivity contribution in [2.24, 2.45) is 0 Å². The number of nitrogens with zero attached hydrogens (tertiary/aromatic N) is 2. The molecule has 0 aliphatic carbocycles. The van der Waals surface area contributed by atoms with E-state index >= 15 is 0 Å². The van der Waals surface area contributed by atoms with Crippen LogP contribution in [0.4, 0.5) is 0 Å². The van der Waals surface area contributed by atoms with E-state index < -0.39 is 12.6 Å². The van der Waals surface area contributed by atoms with Crippen molar-refractivity contribution in [3.8, 4) is 0 Å². The Morgan fingerprint density at radius 1 is 0.872 bits per heavy atom. The predicted molar refractivity (Wildman–Crippen MR) is 170 cm³/mol. The van der Waals surface area contributed by atoms with Gasteiger partial charge in [0.05, 0.1) is 0 Å². The number of aryl methyl sites for hydroxylation is 1. The van der Waals surface area contributed by atoms with Gasteiger partial charge in [0.1, 0.15) is 0 Å². The van der Waals surface area contributed by atoms with Crippen LogP contribution in [0.3, 0.4) is 0 Å². The van der Waals surface area contributed by atoms with Crippen LogP contribution in [0.15, 0.2) is 95.8 Å². The zero-order chi connectivity index (χ0) is 26.9. The van der Waals surface area contributed by atoms with Crippen molar-refractivity contribution in [2.45, 2.75) is 27.2 Å². The van der Waals surface area contributed by atoms with E-state index in [1.807, 2.05) is 25.1 Å². The van der Waals surface area contributed by atoms with E-state index in [0.717, 1.165) is 21.3 Å². The Hall–Kier alpha value is -3.12. The summed E-state index contributed by atoms with van der Waals surface area (Å²) in [5.74, 6) is -0.428. The normalized spacial score (nSPS) is 12.4. The van der Waals surface area contributed by atoms with Gasteiger partial charge < -0.3 is 0 Å². The number of esters is 1. The topological polar surface area (TPSA) is 60.7 Å². The van der Waals surface area contributed by atoms with Crippen LogP contribution >= 0.6 is 34.9 Å². The first-order valence-electron chi connectivity index (χ1n) is 12.8. The third kappa shape index (κ3) is 4.28. The Morgan fingerprint density at radius 2 is 1.33 bits per heavy atom. The van der Waals surface area contributed by atoms with E-state index in [0.29, 0.717) is 27.5 Å². The maximum atomic E-state index is 14.3. The van der Waals surface area contributed by atoms with Gasteiger partial charge in [0.25, 0.3) is 0 Å². The van der Waals surface area contributed by atoms with Gasteiger partial charge in [-0.3, -0.25) is 0 Å². The molecule has 0 unspecified atom stereocenters. The molecule has 2 heterocycles. The molecule has 0 saturated heterocycles. The molecular formula is C31H32BrN2O3PS. The zero-order valence-electron chi connectivity index (χ0n) is 22.5. The molecule has 0 fully saturated rings. The number of hydrogen-bond donors (Lipinski definition) is 0. The molecule has 39 heavy (non-hydrogen) atoms. The molecule has 0 aliphatic heterocycles. The predicted octanol–water partition coefficient (Wildman–Crippen LogP) is 5.17. The molecule has 5 rings (SSSR count). The summed E-state index contributed by atoms with van der Waals surface area (Å²) in [5.41, 5.74) is 1.90. The molecule has 0 amide bonds. The van der Waals surface area contributed by atoms with Gasteiger partial charge in [-0.25, -0.2) is 0 Å². The van der Waals surface area contributed by atoms with Crippen LogP contribution < -0.4 is 26.9 Å². The minimum absolute atomic E-state index is 0. The van der Waals surface area contributed by atoms with Crippen molar-refractivity contribution in [3.63, 3.8) is 0 Å². The van der Waals surface area contributed by atoms with Crippen LogP contribution in [0.2, 0.25) is 0 Å². The molecule has 0 spiro atoms. The summed E-state index contributed by atoms with van der Waals surface area (Å²) in [6, 6.07) is 31.3. The average molecular weight is 624 g/mol. The molecule has 5 nitrogen and oxygen atoms in total. The van der Waals surface area contributed by atoms with E-state index in [1.54, 1.807) is 18.2 Å². The number of ether oxygens (including phenoxy) is 1. The van der Waals surface area contributed by atoms with Crippen LogP contribution in [0.25, 0.3) is 4.96 Å². The number of halogens is 1. The molecule has 5 aromatic rings. The van der Waals surface area contributed by atoms with Gasteiger partial charge in [0, 0.05) is 0 Å². The number of aromatic nitrogens is 2. The summed E-state index contributed by atoms with van der Waals surface area (Å²) in [5, 5.41) is 3.38. The zero-order valence-corrected chi connectivity index (χ0v) is 25.9. The molecule has 8 heteroatoms. The first-order valence-corrected chi connectivity index (χ1v) is 16.3. The third-order valence-electron chi connectivity index (χ3n) is 7.53. The van der Waals surface area contributed by atoms with Gasteiger partial charge in [-0.15, -0.1) is 17.0 Å². The van der Waals surface area contributed by atoms with E-state index in [4.69, 9.17) is 9.72 Å². The maximum absolute atomic E-state index is 14.3. The minimum atomic E-state index is -3.53. The Kier molecular flexibility index (Phi) is 8.27. The third-order valence-corrected chi connectivity index (χ3v) is 14.8. The number of carbonyl (C=O) groups is 1. The molecular weight excluding hydrogens is 591 g/mol. The second-order valence-corrected chi connectivity index (χ2v) is 15.6. The average Bonchev–Trinajstić information content (AvgIpc) is 3.30. The van der Waals surface area contributed by atoms with Crippen molar-refractivity contribution in [1.29, 1.82) is 0 Å². The molecule has 0 aliphatic rings. The summed E-state index contributed by atoms with van der Waals surface area (Å²) in [6.07, 6.45) is 0.506. The Balaban J connectivity index is 0.00000353. The van der Waals surface area contributed by atoms with Crippen LogP contribution in [0, 0.1) is 6.92 Å². The van der Waals surface area contributed by atoms with Gasteiger partial charge in [0.15, 0.2) is 0 Å². The van der Waals surface area contributed by atoms with Gasteiger partial charge >= 0.3 is 227 Å². The van der Waals surface area contributed by atoms with E-state index in [9.17, 15) is 9.59 Å². The second-order valence-electron chi connectivity index (χ2n) is 9.50. The van der Waals surface area contributed by atoms with Gasteiger partial charge in [-0.05, 0) is 0 Å². The molecule has 0 saturated carbocycles. The van der Waals surface area contributed by atoms with Gasteiger partial charge in [-0.1, -0.05) is 0 Å². The van der Waals surface area contributed by atoms with E-state index in [1.165, 1.54) is 11.3 Å². The SMILES string of the molecule is Br.CCOC(=O)c1sc2nc(P(C)(c3ccccc3)(c3ccccc3)c3ccccc3)c(CC)c(=O)n2c1C. The van der Waals surface area contributed by atoms with Crippen LogP contribution in [0.5, 0.6) is 0 Å². The molecule has 2 aromatic heterocycles. The summed E-state index contributed by atoms with van der Waals surface area (Å²) >= 11 is 1.22. The molecule has 202 valence electrons. The fraction of sp³-hybridized carbons (Fsp3) is 0.194. The number of fused-ring (bicyclic) bond motifs is 1. The van der Waals surface area contributed by atoms with Crippen molar-refractivity contribution in [2.75, 3.05) is 13.3 Å². The number of hydrogen-bond acceptors (Lipinski definition) is 5. The molecule has 0 radical (unpaired) electrons. The Labute approximate surface area is 243 Å². The standard InChI is InChI=1S/C31H31N2O3PS.BrH/c1-5-26-28(32-31-33(29(26)34)22(3)27(38-31)30(35)36-6-2)37(4,23-16-10-7-11-17-23,24-18-12-8-13-19-24)25-20-14-9-15-21-25;/h7-21H,5-6H2,1-4H3;1H. The molecule has 0 N–H and O–H groups in total. The molecule has 3 aromatic carbocycles. The number of rotatable bonds is 7. The van der Waals surface area contributed by atoms with Crippen molar-refractivity contribution in [3.05, 3.63) is 117 Å². The summed E-state index contributed by atoms with van der Waals surface area (Å²) in [7, 11) is 0.